The Balaban J connectivity index is 1.88. The highest BCUT2D eigenvalue weighted by Crippen LogP contribution is 2.21. The van der Waals surface area contributed by atoms with Crippen LogP contribution >= 0.6 is 0 Å². The molecule has 0 spiro atoms. The lowest BCUT2D eigenvalue weighted by atomic mass is 10.2. The van der Waals surface area contributed by atoms with Gasteiger partial charge in [-0.1, -0.05) is 12.0 Å². The van der Waals surface area contributed by atoms with Crippen LogP contribution in [-0.2, 0) is 19.1 Å². The molecule has 1 saturated heterocycles. The highest BCUT2D eigenvalue weighted by atomic mass is 16.5. The molecule has 7 heteroatoms. The number of carboxylic acids is 1. The van der Waals surface area contributed by atoms with Gasteiger partial charge < -0.3 is 20.1 Å². The summed E-state index contributed by atoms with van der Waals surface area (Å²) in [4.78, 5) is 36.3. The number of aliphatic carboxylic acids is 1. The molecule has 0 aromatic heterocycles. The maximum Gasteiger partial charge on any atom is 0.332 e. The van der Waals surface area contributed by atoms with Gasteiger partial charge in [-0.3, -0.25) is 9.59 Å². The highest BCUT2D eigenvalue weighted by Gasteiger charge is 2.36. The summed E-state index contributed by atoms with van der Waals surface area (Å²) in [6.45, 7) is -0.170. The van der Waals surface area contributed by atoms with Crippen LogP contribution < -0.4 is 5.32 Å². The van der Waals surface area contributed by atoms with Gasteiger partial charge in [0.1, 0.15) is 6.10 Å². The predicted octanol–water partition coefficient (Wildman–Crippen LogP) is 0.697. The standard InChI is InChI=1S/C17H18N2O5/c1-3-11-5-4-6-12(9-11)18-15(20)10-19(2)16(21)13-7-8-14(24-13)17(22)23/h1,4-6,9,13-14H,7-8,10H2,2H3,(H,18,20)(H,22,23)/t13-,14+/m0/s1. The Morgan fingerprint density at radius 1 is 1.38 bits per heavy atom. The van der Waals surface area contributed by atoms with E-state index in [2.05, 4.69) is 11.2 Å². The summed E-state index contributed by atoms with van der Waals surface area (Å²) in [5.41, 5.74) is 1.18. The second kappa shape index (κ2) is 7.62. The zero-order chi connectivity index (χ0) is 17.7. The monoisotopic (exact) mass is 330 g/mol. The number of carbonyl (C=O) groups is 3. The Hall–Kier alpha value is -2.85. The fourth-order valence-corrected chi connectivity index (χ4v) is 2.43. The predicted molar refractivity (Wildman–Crippen MR) is 86.2 cm³/mol. The van der Waals surface area contributed by atoms with E-state index >= 15 is 0 Å². The van der Waals surface area contributed by atoms with Gasteiger partial charge in [0.05, 0.1) is 6.54 Å². The van der Waals surface area contributed by atoms with E-state index in [9.17, 15) is 14.4 Å². The van der Waals surface area contributed by atoms with Crippen molar-refractivity contribution in [3.8, 4) is 12.3 Å². The Morgan fingerprint density at radius 3 is 2.71 bits per heavy atom. The van der Waals surface area contributed by atoms with Crippen LogP contribution in [0.2, 0.25) is 0 Å². The first-order valence-electron chi connectivity index (χ1n) is 7.40. The van der Waals surface area contributed by atoms with Crippen LogP contribution in [0.5, 0.6) is 0 Å². The van der Waals surface area contributed by atoms with Crippen molar-refractivity contribution < 1.29 is 24.2 Å². The van der Waals surface area contributed by atoms with E-state index in [1.807, 2.05) is 0 Å². The van der Waals surface area contributed by atoms with Gasteiger partial charge in [-0.05, 0) is 31.0 Å². The summed E-state index contributed by atoms with van der Waals surface area (Å²) in [5, 5.41) is 11.5. The SMILES string of the molecule is C#Cc1cccc(NC(=O)CN(C)C(=O)[C@@H]2CC[C@H](C(=O)O)O2)c1. The van der Waals surface area contributed by atoms with E-state index in [0.29, 0.717) is 17.7 Å². The van der Waals surface area contributed by atoms with Crippen molar-refractivity contribution in [1.82, 2.24) is 4.90 Å². The number of nitrogens with one attached hydrogen (secondary N) is 1. The third-order valence-electron chi connectivity index (χ3n) is 3.64. The molecule has 1 heterocycles. The second-order valence-electron chi connectivity index (χ2n) is 5.50. The van der Waals surface area contributed by atoms with Crippen LogP contribution in [0.3, 0.4) is 0 Å². The summed E-state index contributed by atoms with van der Waals surface area (Å²) < 4.78 is 5.19. The van der Waals surface area contributed by atoms with Crippen LogP contribution in [0.4, 0.5) is 5.69 Å². The number of likely N-dealkylation sites (N-methyl/N-ethyl adjacent to an activating group) is 1. The van der Waals surface area contributed by atoms with Crippen LogP contribution in [-0.4, -0.2) is 53.6 Å². The number of hydrogen-bond acceptors (Lipinski definition) is 4. The summed E-state index contributed by atoms with van der Waals surface area (Å²) in [5.74, 6) is 0.593. The topological polar surface area (TPSA) is 95.9 Å². The quantitative estimate of drug-likeness (QED) is 0.775. The van der Waals surface area contributed by atoms with Crippen molar-refractivity contribution in [2.45, 2.75) is 25.0 Å². The number of amides is 2. The van der Waals surface area contributed by atoms with Crippen molar-refractivity contribution in [2.24, 2.45) is 0 Å². The first-order chi connectivity index (χ1) is 11.4. The molecular formula is C17H18N2O5. The lowest BCUT2D eigenvalue weighted by Crippen LogP contribution is -2.41. The number of benzene rings is 1. The highest BCUT2D eigenvalue weighted by molar-refractivity contribution is 5.95. The summed E-state index contributed by atoms with van der Waals surface area (Å²) in [7, 11) is 1.47. The molecule has 1 aliphatic rings. The Bertz CT molecular complexity index is 694. The molecule has 126 valence electrons. The van der Waals surface area contributed by atoms with E-state index in [1.54, 1.807) is 24.3 Å². The van der Waals surface area contributed by atoms with Gasteiger partial charge in [0, 0.05) is 18.3 Å². The van der Waals surface area contributed by atoms with Gasteiger partial charge in [-0.25, -0.2) is 4.79 Å². The molecule has 2 rings (SSSR count). The van der Waals surface area contributed by atoms with Crippen molar-refractivity contribution >= 4 is 23.5 Å². The summed E-state index contributed by atoms with van der Waals surface area (Å²) in [6, 6.07) is 6.80. The number of hydrogen-bond donors (Lipinski definition) is 2. The lowest BCUT2D eigenvalue weighted by Gasteiger charge is -2.20. The molecule has 1 aromatic rings. The maximum atomic E-state index is 12.2. The van der Waals surface area contributed by atoms with E-state index in [-0.39, 0.29) is 18.9 Å². The molecule has 0 unspecified atom stereocenters. The minimum atomic E-state index is -1.08. The van der Waals surface area contributed by atoms with E-state index < -0.39 is 24.1 Å². The molecule has 0 radical (unpaired) electrons. The average molecular weight is 330 g/mol. The minimum Gasteiger partial charge on any atom is -0.479 e. The van der Waals surface area contributed by atoms with Gasteiger partial charge in [0.15, 0.2) is 6.10 Å². The number of terminal acetylenes is 1. The van der Waals surface area contributed by atoms with Crippen molar-refractivity contribution in [2.75, 3.05) is 18.9 Å². The fourth-order valence-electron chi connectivity index (χ4n) is 2.43. The largest absolute Gasteiger partial charge is 0.479 e. The Morgan fingerprint density at radius 2 is 2.08 bits per heavy atom. The number of carboxylic acid groups (broad SMARTS) is 1. The zero-order valence-corrected chi connectivity index (χ0v) is 13.2. The first kappa shape index (κ1) is 17.5. The molecule has 24 heavy (non-hydrogen) atoms. The van der Waals surface area contributed by atoms with Gasteiger partial charge in [-0.15, -0.1) is 6.42 Å². The molecule has 1 aliphatic heterocycles. The maximum absolute atomic E-state index is 12.2. The zero-order valence-electron chi connectivity index (χ0n) is 13.2. The second-order valence-corrected chi connectivity index (χ2v) is 5.50. The molecule has 1 fully saturated rings. The van der Waals surface area contributed by atoms with E-state index in [4.69, 9.17) is 16.3 Å². The van der Waals surface area contributed by atoms with Crippen molar-refractivity contribution in [1.29, 1.82) is 0 Å². The van der Waals surface area contributed by atoms with Crippen molar-refractivity contribution in [3.63, 3.8) is 0 Å². The average Bonchev–Trinajstić information content (AvgIpc) is 3.04. The van der Waals surface area contributed by atoms with E-state index in [1.165, 1.54) is 11.9 Å². The molecule has 0 bridgehead atoms. The first-order valence-corrected chi connectivity index (χ1v) is 7.40. The number of ether oxygens (including phenoxy) is 1. The number of carbonyl (C=O) groups excluding carboxylic acids is 2. The van der Waals surface area contributed by atoms with E-state index in [0.717, 1.165) is 0 Å². The Labute approximate surface area is 139 Å². The van der Waals surface area contributed by atoms with Gasteiger partial charge in [-0.2, -0.15) is 0 Å². The molecule has 2 N–H and O–H groups in total. The van der Waals surface area contributed by atoms with Crippen LogP contribution in [0.25, 0.3) is 0 Å². The van der Waals surface area contributed by atoms with Gasteiger partial charge in [0.25, 0.3) is 5.91 Å². The van der Waals surface area contributed by atoms with Crippen LogP contribution in [0, 0.1) is 12.3 Å². The van der Waals surface area contributed by atoms with Gasteiger partial charge in [0.2, 0.25) is 5.91 Å². The molecular weight excluding hydrogens is 312 g/mol. The fraction of sp³-hybridized carbons (Fsp3) is 0.353. The number of rotatable bonds is 5. The third kappa shape index (κ3) is 4.33. The molecule has 0 saturated carbocycles. The lowest BCUT2D eigenvalue weighted by molar-refractivity contribution is -0.154. The summed E-state index contributed by atoms with van der Waals surface area (Å²) >= 11 is 0. The minimum absolute atomic E-state index is 0.170. The number of nitrogens with zero attached hydrogens (tertiary/aromatic N) is 1. The molecule has 2 amide bonds. The third-order valence-corrected chi connectivity index (χ3v) is 3.64. The molecule has 7 nitrogen and oxygen atoms in total. The normalized spacial score (nSPS) is 19.3. The van der Waals surface area contributed by atoms with Gasteiger partial charge >= 0.3 is 5.97 Å². The van der Waals surface area contributed by atoms with Crippen LogP contribution in [0.1, 0.15) is 18.4 Å². The smallest absolute Gasteiger partial charge is 0.332 e. The molecule has 1 aromatic carbocycles. The number of anilines is 1. The molecule has 2 atom stereocenters. The van der Waals surface area contributed by atoms with Crippen LogP contribution in [0.15, 0.2) is 24.3 Å². The summed E-state index contributed by atoms with van der Waals surface area (Å²) in [6.07, 6.45) is 4.12. The van der Waals surface area contributed by atoms with Crippen molar-refractivity contribution in [3.05, 3.63) is 29.8 Å². The molecule has 0 aliphatic carbocycles. The Kier molecular flexibility index (Phi) is 5.55.